The third kappa shape index (κ3) is 3.36. The van der Waals surface area contributed by atoms with Crippen LogP contribution in [-0.2, 0) is 16.1 Å². The van der Waals surface area contributed by atoms with Crippen LogP contribution in [-0.4, -0.2) is 27.1 Å². The van der Waals surface area contributed by atoms with E-state index in [9.17, 15) is 9.59 Å². The molecule has 5 N–H and O–H groups in total. The Hall–Kier alpha value is -1.89. The lowest BCUT2D eigenvalue weighted by Crippen LogP contribution is -2.51. The summed E-state index contributed by atoms with van der Waals surface area (Å²) in [4.78, 5) is 23.1. The maximum Gasteiger partial charge on any atom is 0.239 e. The summed E-state index contributed by atoms with van der Waals surface area (Å²) in [5, 5.41) is 6.83. The molecule has 2 rings (SSSR count). The summed E-state index contributed by atoms with van der Waals surface area (Å²) in [6, 6.07) is 1.64. The van der Waals surface area contributed by atoms with Crippen molar-refractivity contribution in [2.24, 2.45) is 17.4 Å². The minimum atomic E-state index is -0.479. The van der Waals surface area contributed by atoms with Gasteiger partial charge in [0, 0.05) is 17.8 Å². The highest BCUT2D eigenvalue weighted by Crippen LogP contribution is 2.32. The lowest BCUT2D eigenvalue weighted by molar-refractivity contribution is -0.123. The Kier molecular flexibility index (Phi) is 4.08. The van der Waals surface area contributed by atoms with E-state index in [0.717, 1.165) is 25.7 Å². The van der Waals surface area contributed by atoms with Gasteiger partial charge >= 0.3 is 0 Å². The van der Waals surface area contributed by atoms with Gasteiger partial charge in [-0.15, -0.1) is 0 Å². The van der Waals surface area contributed by atoms with Gasteiger partial charge in [-0.2, -0.15) is 5.10 Å². The van der Waals surface area contributed by atoms with Crippen LogP contribution in [0, 0.1) is 5.92 Å². The maximum absolute atomic E-state index is 12.3. The molecule has 1 aliphatic carbocycles. The first-order valence-electron chi connectivity index (χ1n) is 6.80. The van der Waals surface area contributed by atoms with E-state index in [1.165, 1.54) is 4.68 Å². The lowest BCUT2D eigenvalue weighted by atomic mass is 9.74. The zero-order valence-electron chi connectivity index (χ0n) is 11.6. The first-order chi connectivity index (χ1) is 9.38. The van der Waals surface area contributed by atoms with Crippen LogP contribution in [0.25, 0.3) is 0 Å². The van der Waals surface area contributed by atoms with E-state index in [4.69, 9.17) is 11.5 Å². The van der Waals surface area contributed by atoms with Crippen LogP contribution in [0.2, 0.25) is 0 Å². The summed E-state index contributed by atoms with van der Waals surface area (Å²) in [5.74, 6) is -0.387. The van der Waals surface area contributed by atoms with Crippen molar-refractivity contribution in [3.63, 3.8) is 0 Å². The average Bonchev–Trinajstić information content (AvgIpc) is 2.74. The molecule has 0 bridgehead atoms. The highest BCUT2D eigenvalue weighted by atomic mass is 16.2. The number of carbonyl (C=O) groups excluding carboxylic acids is 2. The van der Waals surface area contributed by atoms with Crippen LogP contribution in [0.3, 0.4) is 0 Å². The van der Waals surface area contributed by atoms with Crippen molar-refractivity contribution >= 4 is 17.6 Å². The summed E-state index contributed by atoms with van der Waals surface area (Å²) in [6.45, 7) is 1.91. The molecular weight excluding hydrogens is 258 g/mol. The molecule has 7 nitrogen and oxygen atoms in total. The van der Waals surface area contributed by atoms with Gasteiger partial charge in [-0.1, -0.05) is 12.8 Å². The van der Waals surface area contributed by atoms with Crippen LogP contribution in [0.15, 0.2) is 12.3 Å². The van der Waals surface area contributed by atoms with E-state index >= 15 is 0 Å². The predicted molar refractivity (Wildman–Crippen MR) is 74.6 cm³/mol. The zero-order chi connectivity index (χ0) is 14.8. The molecule has 110 valence electrons. The number of aromatic nitrogens is 2. The fourth-order valence-corrected chi connectivity index (χ4v) is 2.68. The second kappa shape index (κ2) is 5.62. The van der Waals surface area contributed by atoms with Crippen LogP contribution in [0.5, 0.6) is 0 Å². The van der Waals surface area contributed by atoms with Gasteiger partial charge < -0.3 is 16.8 Å². The van der Waals surface area contributed by atoms with Crippen LogP contribution >= 0.6 is 0 Å². The Morgan fingerprint density at radius 2 is 2.30 bits per heavy atom. The molecular formula is C13H21N5O2. The molecule has 1 fully saturated rings. The van der Waals surface area contributed by atoms with E-state index in [1.807, 2.05) is 6.92 Å². The summed E-state index contributed by atoms with van der Waals surface area (Å²) in [7, 11) is 0. The molecule has 7 heteroatoms. The molecule has 0 aliphatic heterocycles. The first kappa shape index (κ1) is 14.5. The third-order valence-corrected chi connectivity index (χ3v) is 3.78. The largest absolute Gasteiger partial charge is 0.368 e. The van der Waals surface area contributed by atoms with E-state index in [1.54, 1.807) is 12.3 Å². The number of nitrogens with zero attached hydrogens (tertiary/aromatic N) is 2. The van der Waals surface area contributed by atoms with Crippen molar-refractivity contribution in [1.82, 2.24) is 9.78 Å². The Morgan fingerprint density at radius 1 is 1.55 bits per heavy atom. The molecule has 0 aromatic carbocycles. The van der Waals surface area contributed by atoms with Gasteiger partial charge in [0.1, 0.15) is 6.54 Å². The second-order valence-corrected chi connectivity index (χ2v) is 5.66. The van der Waals surface area contributed by atoms with Crippen molar-refractivity contribution in [3.8, 4) is 0 Å². The zero-order valence-corrected chi connectivity index (χ0v) is 11.6. The minimum Gasteiger partial charge on any atom is -0.368 e. The standard InChI is InChI=1S/C13H21N5O2/c1-13(15)6-3-2-4-9(13)12(20)16-11-5-7-18(17-11)8-10(14)19/h5,7,9H,2-4,6,8,15H2,1H3,(H2,14,19)(H,16,17,20). The van der Waals surface area contributed by atoms with Gasteiger partial charge in [-0.25, -0.2) is 0 Å². The van der Waals surface area contributed by atoms with Gasteiger partial charge in [-0.3, -0.25) is 14.3 Å². The number of carbonyl (C=O) groups is 2. The molecule has 1 aromatic heterocycles. The predicted octanol–water partition coefficient (Wildman–Crippen LogP) is 0.215. The molecule has 0 radical (unpaired) electrons. The Labute approximate surface area is 117 Å². The fourth-order valence-electron chi connectivity index (χ4n) is 2.68. The van der Waals surface area contributed by atoms with Gasteiger partial charge in [0.05, 0.1) is 5.92 Å². The molecule has 2 unspecified atom stereocenters. The normalized spacial score (nSPS) is 26.2. The van der Waals surface area contributed by atoms with Gasteiger partial charge in [0.2, 0.25) is 11.8 Å². The summed E-state index contributed by atoms with van der Waals surface area (Å²) >= 11 is 0. The quantitative estimate of drug-likeness (QED) is 0.730. The minimum absolute atomic E-state index is 0.00605. The highest BCUT2D eigenvalue weighted by molar-refractivity contribution is 5.92. The number of hydrogen-bond donors (Lipinski definition) is 3. The van der Waals surface area contributed by atoms with Gasteiger partial charge in [-0.05, 0) is 19.8 Å². The lowest BCUT2D eigenvalue weighted by Gasteiger charge is -2.37. The number of amides is 2. The molecule has 1 heterocycles. The van der Waals surface area contributed by atoms with E-state index in [2.05, 4.69) is 10.4 Å². The number of hydrogen-bond acceptors (Lipinski definition) is 4. The highest BCUT2D eigenvalue weighted by Gasteiger charge is 2.37. The molecule has 2 amide bonds. The van der Waals surface area contributed by atoms with Crippen molar-refractivity contribution in [1.29, 1.82) is 0 Å². The van der Waals surface area contributed by atoms with E-state index in [-0.39, 0.29) is 18.4 Å². The number of rotatable bonds is 4. The smallest absolute Gasteiger partial charge is 0.239 e. The number of nitrogens with two attached hydrogens (primary N) is 2. The Balaban J connectivity index is 2.00. The van der Waals surface area contributed by atoms with E-state index < -0.39 is 11.4 Å². The molecule has 1 aliphatic rings. The summed E-state index contributed by atoms with van der Waals surface area (Å²) < 4.78 is 1.39. The molecule has 2 atom stereocenters. The van der Waals surface area contributed by atoms with Crippen molar-refractivity contribution in [2.45, 2.75) is 44.7 Å². The van der Waals surface area contributed by atoms with E-state index in [0.29, 0.717) is 5.82 Å². The number of nitrogens with one attached hydrogen (secondary N) is 1. The Morgan fingerprint density at radius 3 is 2.95 bits per heavy atom. The molecule has 1 saturated carbocycles. The van der Waals surface area contributed by atoms with Crippen LogP contribution in [0.1, 0.15) is 32.6 Å². The molecule has 0 spiro atoms. The Bertz CT molecular complexity index is 509. The topological polar surface area (TPSA) is 116 Å². The molecule has 0 saturated heterocycles. The molecule has 1 aromatic rings. The second-order valence-electron chi connectivity index (χ2n) is 5.66. The van der Waals surface area contributed by atoms with Crippen LogP contribution < -0.4 is 16.8 Å². The molecule has 20 heavy (non-hydrogen) atoms. The number of anilines is 1. The first-order valence-corrected chi connectivity index (χ1v) is 6.80. The SMILES string of the molecule is CC1(N)CCCCC1C(=O)Nc1ccn(CC(N)=O)n1. The third-order valence-electron chi connectivity index (χ3n) is 3.78. The van der Waals surface area contributed by atoms with Crippen molar-refractivity contribution < 1.29 is 9.59 Å². The van der Waals surface area contributed by atoms with Crippen LogP contribution in [0.4, 0.5) is 5.82 Å². The van der Waals surface area contributed by atoms with Gasteiger partial charge in [0.15, 0.2) is 5.82 Å². The summed E-state index contributed by atoms with van der Waals surface area (Å²) in [5.41, 5.74) is 10.8. The number of primary amides is 1. The van der Waals surface area contributed by atoms with Crippen molar-refractivity contribution in [2.75, 3.05) is 5.32 Å². The van der Waals surface area contributed by atoms with Gasteiger partial charge in [0.25, 0.3) is 0 Å². The monoisotopic (exact) mass is 279 g/mol. The van der Waals surface area contributed by atoms with Crippen molar-refractivity contribution in [3.05, 3.63) is 12.3 Å². The summed E-state index contributed by atoms with van der Waals surface area (Å²) in [6.07, 6.45) is 5.32. The maximum atomic E-state index is 12.3. The fraction of sp³-hybridized carbons (Fsp3) is 0.615. The average molecular weight is 279 g/mol.